The minimum Gasteiger partial charge on any atom is -0.342 e. The summed E-state index contributed by atoms with van der Waals surface area (Å²) in [5, 5.41) is 1.02. The first-order valence-electron chi connectivity index (χ1n) is 8.92. The number of rotatable bonds is 2. The number of pyridine rings is 2. The van der Waals surface area contributed by atoms with Crippen molar-refractivity contribution in [3.8, 4) is 21.8 Å². The van der Waals surface area contributed by atoms with Crippen molar-refractivity contribution in [3.05, 3.63) is 75.5 Å². The fourth-order valence-electron chi connectivity index (χ4n) is 3.34. The quantitative estimate of drug-likeness (QED) is 0.471. The summed E-state index contributed by atoms with van der Waals surface area (Å²) < 4.78 is 0. The van der Waals surface area contributed by atoms with Crippen molar-refractivity contribution in [2.24, 2.45) is 0 Å². The number of thiophene rings is 1. The SMILES string of the molecule is Cc1cc(=O)c2nc(-c3ccc4ncccc4c3)c(-c3ccc(C)s3)nc2[nH]1. The first-order chi connectivity index (χ1) is 13.6. The number of hydrogen-bond acceptors (Lipinski definition) is 5. The van der Waals surface area contributed by atoms with Crippen LogP contribution >= 0.6 is 11.3 Å². The topological polar surface area (TPSA) is 71.5 Å². The Morgan fingerprint density at radius 2 is 1.86 bits per heavy atom. The molecule has 4 aromatic heterocycles. The van der Waals surface area contributed by atoms with Crippen molar-refractivity contribution in [3.63, 3.8) is 0 Å². The van der Waals surface area contributed by atoms with Gasteiger partial charge in [0.2, 0.25) is 5.43 Å². The van der Waals surface area contributed by atoms with Crippen molar-refractivity contribution in [2.45, 2.75) is 13.8 Å². The molecule has 5 aromatic rings. The Morgan fingerprint density at radius 3 is 2.68 bits per heavy atom. The highest BCUT2D eigenvalue weighted by molar-refractivity contribution is 7.15. The number of aromatic nitrogens is 4. The van der Waals surface area contributed by atoms with Gasteiger partial charge in [0.05, 0.1) is 16.1 Å². The smallest absolute Gasteiger partial charge is 0.209 e. The Hall–Kier alpha value is -3.38. The second-order valence-electron chi connectivity index (χ2n) is 6.76. The number of aromatic amines is 1. The monoisotopic (exact) mass is 384 g/mol. The maximum Gasteiger partial charge on any atom is 0.209 e. The summed E-state index contributed by atoms with van der Waals surface area (Å²) in [7, 11) is 0. The Morgan fingerprint density at radius 1 is 0.964 bits per heavy atom. The number of benzene rings is 1. The van der Waals surface area contributed by atoms with E-state index in [0.29, 0.717) is 16.9 Å². The van der Waals surface area contributed by atoms with Crippen LogP contribution < -0.4 is 5.43 Å². The zero-order chi connectivity index (χ0) is 19.3. The van der Waals surface area contributed by atoms with E-state index in [2.05, 4.69) is 29.0 Å². The summed E-state index contributed by atoms with van der Waals surface area (Å²) in [6.07, 6.45) is 1.78. The molecule has 5 rings (SSSR count). The van der Waals surface area contributed by atoms with E-state index in [1.165, 1.54) is 4.88 Å². The van der Waals surface area contributed by atoms with Crippen molar-refractivity contribution < 1.29 is 0 Å². The molecule has 28 heavy (non-hydrogen) atoms. The molecule has 5 nitrogen and oxygen atoms in total. The van der Waals surface area contributed by atoms with Crippen molar-refractivity contribution >= 4 is 33.4 Å². The predicted octanol–water partition coefficient (Wildman–Crippen LogP) is 4.88. The molecular weight excluding hydrogens is 368 g/mol. The van der Waals surface area contributed by atoms with E-state index in [1.807, 2.05) is 37.3 Å². The van der Waals surface area contributed by atoms with E-state index in [9.17, 15) is 4.79 Å². The largest absolute Gasteiger partial charge is 0.342 e. The molecule has 0 amide bonds. The molecule has 0 spiro atoms. The number of fused-ring (bicyclic) bond motifs is 2. The summed E-state index contributed by atoms with van der Waals surface area (Å²) in [5.74, 6) is 0. The van der Waals surface area contributed by atoms with Crippen LogP contribution in [0, 0.1) is 13.8 Å². The van der Waals surface area contributed by atoms with Crippen LogP contribution in [-0.4, -0.2) is 19.9 Å². The van der Waals surface area contributed by atoms with Crippen LogP contribution in [0.25, 0.3) is 43.9 Å². The fraction of sp³-hybridized carbons (Fsp3) is 0.0909. The van der Waals surface area contributed by atoms with E-state index >= 15 is 0 Å². The van der Waals surface area contributed by atoms with E-state index < -0.39 is 0 Å². The van der Waals surface area contributed by atoms with Crippen LogP contribution in [0.15, 0.2) is 59.5 Å². The maximum atomic E-state index is 12.5. The maximum absolute atomic E-state index is 12.5. The highest BCUT2D eigenvalue weighted by Crippen LogP contribution is 2.35. The highest BCUT2D eigenvalue weighted by atomic mass is 32.1. The standard InChI is InChI=1S/C22H16N4OS/c1-12-10-17(27)20-22(24-12)26-21(18-8-5-13(2)28-18)19(25-20)15-6-7-16-14(11-15)4-3-9-23-16/h3-11H,1-2H3,(H,24,26,27). The lowest BCUT2D eigenvalue weighted by Crippen LogP contribution is -2.08. The molecule has 1 aromatic carbocycles. The third-order valence-corrected chi connectivity index (χ3v) is 5.65. The van der Waals surface area contributed by atoms with Crippen molar-refractivity contribution in [1.29, 1.82) is 0 Å². The molecule has 0 aliphatic heterocycles. The van der Waals surface area contributed by atoms with E-state index in [4.69, 9.17) is 9.97 Å². The minimum atomic E-state index is -0.128. The van der Waals surface area contributed by atoms with Crippen LogP contribution in [0.1, 0.15) is 10.6 Å². The number of H-pyrrole nitrogens is 1. The zero-order valence-electron chi connectivity index (χ0n) is 15.4. The summed E-state index contributed by atoms with van der Waals surface area (Å²) in [6, 6.07) is 15.6. The molecule has 1 N–H and O–H groups in total. The summed E-state index contributed by atoms with van der Waals surface area (Å²) in [4.78, 5) is 31.9. The van der Waals surface area contributed by atoms with Crippen LogP contribution in [0.4, 0.5) is 0 Å². The second kappa shape index (κ2) is 6.35. The minimum absolute atomic E-state index is 0.128. The van der Waals surface area contributed by atoms with Gasteiger partial charge in [-0.1, -0.05) is 12.1 Å². The lowest BCUT2D eigenvalue weighted by atomic mass is 10.1. The van der Waals surface area contributed by atoms with E-state index in [1.54, 1.807) is 23.6 Å². The molecule has 136 valence electrons. The molecule has 0 aliphatic carbocycles. The predicted molar refractivity (Wildman–Crippen MR) is 114 cm³/mol. The van der Waals surface area contributed by atoms with Gasteiger partial charge in [0, 0.05) is 33.8 Å². The Bertz CT molecular complexity index is 1420. The third-order valence-electron chi connectivity index (χ3n) is 4.64. The fourth-order valence-corrected chi connectivity index (χ4v) is 4.20. The molecule has 0 unspecified atom stereocenters. The lowest BCUT2D eigenvalue weighted by molar-refractivity contribution is 1.16. The third kappa shape index (κ3) is 2.78. The Labute approximate surface area is 164 Å². The summed E-state index contributed by atoms with van der Waals surface area (Å²) in [6.45, 7) is 3.91. The molecule has 0 aliphatic rings. The average molecular weight is 384 g/mol. The van der Waals surface area contributed by atoms with Crippen molar-refractivity contribution in [1.82, 2.24) is 19.9 Å². The number of hydrogen-bond donors (Lipinski definition) is 1. The normalized spacial score (nSPS) is 11.4. The van der Waals surface area contributed by atoms with Gasteiger partial charge in [0.25, 0.3) is 0 Å². The van der Waals surface area contributed by atoms with Crippen LogP contribution in [-0.2, 0) is 0 Å². The number of nitrogens with zero attached hydrogens (tertiary/aromatic N) is 3. The lowest BCUT2D eigenvalue weighted by Gasteiger charge is -2.10. The van der Waals surface area contributed by atoms with Crippen LogP contribution in [0.5, 0.6) is 0 Å². The molecule has 4 heterocycles. The molecular formula is C22H16N4OS. The van der Waals surface area contributed by atoms with Crippen LogP contribution in [0.3, 0.4) is 0 Å². The number of nitrogens with one attached hydrogen (secondary N) is 1. The molecule has 0 radical (unpaired) electrons. The van der Waals surface area contributed by atoms with Gasteiger partial charge in [-0.2, -0.15) is 0 Å². The Balaban J connectivity index is 1.85. The van der Waals surface area contributed by atoms with Gasteiger partial charge in [-0.05, 0) is 44.2 Å². The van der Waals surface area contributed by atoms with Crippen molar-refractivity contribution in [2.75, 3.05) is 0 Å². The second-order valence-corrected chi connectivity index (χ2v) is 8.04. The summed E-state index contributed by atoms with van der Waals surface area (Å²) >= 11 is 1.66. The van der Waals surface area contributed by atoms with Gasteiger partial charge in [-0.25, -0.2) is 9.97 Å². The average Bonchev–Trinajstić information content (AvgIpc) is 3.13. The van der Waals surface area contributed by atoms with Gasteiger partial charge in [0.15, 0.2) is 11.2 Å². The van der Waals surface area contributed by atoms with Gasteiger partial charge in [0.1, 0.15) is 5.69 Å². The molecule has 0 atom stereocenters. The zero-order valence-corrected chi connectivity index (χ0v) is 16.2. The first kappa shape index (κ1) is 16.8. The molecule has 0 saturated carbocycles. The van der Waals surface area contributed by atoms with Gasteiger partial charge >= 0.3 is 0 Å². The van der Waals surface area contributed by atoms with Gasteiger partial charge in [-0.15, -0.1) is 11.3 Å². The first-order valence-corrected chi connectivity index (χ1v) is 9.74. The summed E-state index contributed by atoms with van der Waals surface area (Å²) in [5.41, 5.74) is 4.81. The van der Waals surface area contributed by atoms with Gasteiger partial charge < -0.3 is 4.98 Å². The number of aryl methyl sites for hydroxylation is 2. The molecule has 0 bridgehead atoms. The molecule has 0 fully saturated rings. The Kier molecular flexibility index (Phi) is 3.80. The van der Waals surface area contributed by atoms with E-state index in [0.717, 1.165) is 32.7 Å². The highest BCUT2D eigenvalue weighted by Gasteiger charge is 2.17. The van der Waals surface area contributed by atoms with E-state index in [-0.39, 0.29) is 5.43 Å². The van der Waals surface area contributed by atoms with Crippen LogP contribution in [0.2, 0.25) is 0 Å². The van der Waals surface area contributed by atoms with Gasteiger partial charge in [-0.3, -0.25) is 9.78 Å². The molecule has 6 heteroatoms. The molecule has 0 saturated heterocycles.